The van der Waals surface area contributed by atoms with Gasteiger partial charge in [0.2, 0.25) is 0 Å². The van der Waals surface area contributed by atoms with Gasteiger partial charge in [0.05, 0.1) is 16.4 Å². The Hall–Kier alpha value is -8.25. The van der Waals surface area contributed by atoms with E-state index in [9.17, 15) is 0 Å². The lowest BCUT2D eigenvalue weighted by Crippen LogP contribution is -2.62. The van der Waals surface area contributed by atoms with E-state index in [1.165, 1.54) is 172 Å². The van der Waals surface area contributed by atoms with E-state index in [-0.39, 0.29) is 57.5 Å². The van der Waals surface area contributed by atoms with Gasteiger partial charge in [-0.25, -0.2) is 0 Å². The summed E-state index contributed by atoms with van der Waals surface area (Å²) in [5.74, 6) is 5.44. The smallest absolute Gasteiger partial charge is 0.252 e. The molecule has 119 heavy (non-hydrogen) atoms. The average molecular weight is 1600 g/mol. The molecule has 8 bridgehead atoms. The van der Waals surface area contributed by atoms with Gasteiger partial charge in [-0.15, -0.1) is 0 Å². The second-order valence-corrected chi connectivity index (χ2v) is 47.1. The summed E-state index contributed by atoms with van der Waals surface area (Å²) in [6.45, 7) is 56.0. The maximum absolute atomic E-state index is 7.92. The van der Waals surface area contributed by atoms with Crippen molar-refractivity contribution in [1.82, 2.24) is 0 Å². The summed E-state index contributed by atoms with van der Waals surface area (Å²) in [6.07, 6.45) is 17.0. The lowest BCUT2D eigenvalue weighted by Gasteiger charge is -2.57. The summed E-state index contributed by atoms with van der Waals surface area (Å²) in [5.41, 5.74) is 33.2. The first-order chi connectivity index (χ1) is 55.3. The van der Waals surface area contributed by atoms with Crippen LogP contribution in [-0.2, 0) is 54.1 Å². The molecule has 6 heteroatoms. The van der Waals surface area contributed by atoms with Crippen LogP contribution in [0.1, 0.15) is 306 Å². The molecule has 10 aliphatic rings. The van der Waals surface area contributed by atoms with Crippen molar-refractivity contribution in [1.29, 1.82) is 0 Å². The third kappa shape index (κ3) is 15.8. The van der Waals surface area contributed by atoms with Gasteiger partial charge in [0.25, 0.3) is 6.71 Å². The summed E-state index contributed by atoms with van der Waals surface area (Å²) in [7, 11) is 0. The van der Waals surface area contributed by atoms with Crippen molar-refractivity contribution < 1.29 is 0 Å². The highest BCUT2D eigenvalue weighted by atomic mass is 35.5. The van der Waals surface area contributed by atoms with Crippen LogP contribution in [0.15, 0.2) is 206 Å². The molecule has 0 unspecified atom stereocenters. The van der Waals surface area contributed by atoms with E-state index in [1.807, 2.05) is 0 Å². The fourth-order valence-electron chi connectivity index (χ4n) is 23.4. The first kappa shape index (κ1) is 84.4. The van der Waals surface area contributed by atoms with E-state index in [0.717, 1.165) is 74.7 Å². The van der Waals surface area contributed by atoms with Crippen LogP contribution in [0, 0.1) is 35.5 Å². The molecule has 0 atom stereocenters. The third-order valence-electron chi connectivity index (χ3n) is 29.5. The topological polar surface area (TPSA) is 13.0 Å². The number of hydrogen-bond acceptors (Lipinski definition) is 4. The quantitative estimate of drug-likeness (QED) is 0.127. The molecule has 0 saturated heterocycles. The van der Waals surface area contributed by atoms with Gasteiger partial charge in [-0.3, -0.25) is 0 Å². The summed E-state index contributed by atoms with van der Waals surface area (Å²) >= 11 is 7.92. The second kappa shape index (κ2) is 29.8. The van der Waals surface area contributed by atoms with Gasteiger partial charge in [-0.05, 0) is 348 Å². The lowest BCUT2D eigenvalue weighted by molar-refractivity contribution is -0.00528. The van der Waals surface area contributed by atoms with Crippen molar-refractivity contribution in [2.24, 2.45) is 35.5 Å². The average Bonchev–Trinajstić information content (AvgIpc) is 0.693. The van der Waals surface area contributed by atoms with Gasteiger partial charge in [-0.2, -0.15) is 0 Å². The SMILES string of the molecule is C.CC(C)(C)c1ccc(N(c2ccc(C(C)(C)C)cc2)c2cccc(N(c3ccc(C45CC6CC(CC(C6)C4)C5)cc3)c3cc(C(C)(C)C)cc(C(C)(C)C)c3)c2Cl)cc1.CC(C)(C)c1ccc(N2c3ccc(C(C)(C)C)cc3B3c4cc(C56CC7CC(CC(C7)C5)C6)ccc4N(c4cc(C(C)(C)C)cc(C(C)(C)C)c4)c4cccc2c43)cc1. The number of rotatable bonds is 10. The summed E-state index contributed by atoms with van der Waals surface area (Å²) in [4.78, 5) is 10.0. The zero-order valence-corrected chi connectivity index (χ0v) is 77.1. The Kier molecular flexibility index (Phi) is 21.1. The minimum Gasteiger partial charge on any atom is -0.311 e. The van der Waals surface area contributed by atoms with Crippen molar-refractivity contribution in [2.45, 2.75) is 305 Å². The lowest BCUT2D eigenvalue weighted by atomic mass is 9.33. The van der Waals surface area contributed by atoms with E-state index < -0.39 is 0 Å². The normalized spacial score (nSPS) is 22.4. The Bertz CT molecular complexity index is 5250. The molecule has 20 rings (SSSR count). The van der Waals surface area contributed by atoms with Crippen molar-refractivity contribution in [3.8, 4) is 0 Å². The number of fused-ring (bicyclic) bond motifs is 4. The van der Waals surface area contributed by atoms with Crippen molar-refractivity contribution in [2.75, 3.05) is 19.6 Å². The van der Waals surface area contributed by atoms with Gasteiger partial charge in [0.15, 0.2) is 0 Å². The summed E-state index contributed by atoms with van der Waals surface area (Å²) in [5, 5.41) is 0.718. The van der Waals surface area contributed by atoms with E-state index in [1.54, 1.807) is 11.1 Å². The third-order valence-corrected chi connectivity index (χ3v) is 29.9. The monoisotopic (exact) mass is 1600 g/mol. The van der Waals surface area contributed by atoms with Gasteiger partial charge >= 0.3 is 0 Å². The Morgan fingerprint density at radius 3 is 0.975 bits per heavy atom. The predicted molar refractivity (Wildman–Crippen MR) is 517 cm³/mol. The van der Waals surface area contributed by atoms with Crippen LogP contribution in [0.2, 0.25) is 5.02 Å². The van der Waals surface area contributed by atoms with Crippen molar-refractivity contribution in [3.05, 3.63) is 267 Å². The number of benzene rings is 10. The number of hydrogen-bond donors (Lipinski definition) is 0. The van der Waals surface area contributed by atoms with Crippen LogP contribution in [0.5, 0.6) is 0 Å². The van der Waals surface area contributed by atoms with Crippen LogP contribution in [0.25, 0.3) is 0 Å². The number of nitrogens with zero attached hydrogens (tertiary/aromatic N) is 4. The standard InChI is InChI=1S/C56H67BN2.C56H69ClN2.CH4/c1-52(2,3)38-16-20-43(21-17-38)58-47-22-18-39(53(4,5)6)30-45(47)57-46-31-40(56-32-35-24-36(33-56)26-37(25-35)34-56)19-23-48(46)59(50-15-13-14-49(58)51(50)57)44-28-41(54(7,8)9)27-42(29-44)55(10,11)12;1-52(2,3)40-16-22-45(23-17-40)58(46-24-18-41(19-25-46)53(4,5)6)49-14-13-15-50(51(49)57)59(48-32-43(54(7,8)9)31-44(33-48)55(10,11)12)47-26-20-42(21-27-47)56-34-37-28-38(35-56)30-39(29-37)36-56;/h13-23,27-31,35-37H,24-26,32-34H2,1-12H3;13-27,31-33,37-39H,28-30,34-36H2,1-12H3;1H4. The van der Waals surface area contributed by atoms with Gasteiger partial charge in [0.1, 0.15) is 0 Å². The van der Waals surface area contributed by atoms with Gasteiger partial charge in [0, 0.05) is 56.9 Å². The van der Waals surface area contributed by atoms with Crippen LogP contribution >= 0.6 is 11.6 Å². The Labute approximate surface area is 724 Å². The zero-order valence-electron chi connectivity index (χ0n) is 76.3. The van der Waals surface area contributed by atoms with Crippen LogP contribution in [-0.4, -0.2) is 6.71 Å². The molecule has 10 aromatic carbocycles. The number of anilines is 12. The minimum atomic E-state index is -0.0368. The molecule has 8 saturated carbocycles. The van der Waals surface area contributed by atoms with E-state index in [4.69, 9.17) is 11.6 Å². The second-order valence-electron chi connectivity index (χ2n) is 46.8. The molecular formula is C113H140BClN4. The van der Waals surface area contributed by atoms with Crippen LogP contribution in [0.4, 0.5) is 68.2 Å². The summed E-state index contributed by atoms with van der Waals surface area (Å²) < 4.78 is 0. The molecular weight excluding hydrogens is 1460 g/mol. The van der Waals surface area contributed by atoms with Gasteiger partial charge < -0.3 is 19.6 Å². The highest BCUT2D eigenvalue weighted by Crippen LogP contribution is 2.63. The summed E-state index contributed by atoms with van der Waals surface area (Å²) in [6, 6.07) is 81.0. The zero-order chi connectivity index (χ0) is 83.9. The maximum Gasteiger partial charge on any atom is 0.252 e. The van der Waals surface area contributed by atoms with E-state index in [0.29, 0.717) is 10.8 Å². The Morgan fingerprint density at radius 2 is 0.588 bits per heavy atom. The first-order valence-electron chi connectivity index (χ1n) is 45.4. The molecule has 0 N–H and O–H groups in total. The van der Waals surface area contributed by atoms with Gasteiger partial charge in [-0.1, -0.05) is 282 Å². The fraction of sp³-hybridized carbons (Fsp3) is 0.469. The molecule has 2 aliphatic heterocycles. The number of halogens is 1. The Balaban J connectivity index is 0.000000176. The van der Waals surface area contributed by atoms with Crippen LogP contribution < -0.4 is 36.0 Å². The largest absolute Gasteiger partial charge is 0.311 e. The molecule has 0 spiro atoms. The fourth-order valence-corrected chi connectivity index (χ4v) is 23.7. The Morgan fingerprint density at radius 1 is 0.286 bits per heavy atom. The molecule has 2 heterocycles. The molecule has 10 aromatic rings. The molecule has 8 aliphatic carbocycles. The highest BCUT2D eigenvalue weighted by molar-refractivity contribution is 7.00. The molecule has 4 nitrogen and oxygen atoms in total. The van der Waals surface area contributed by atoms with Crippen molar-refractivity contribution in [3.63, 3.8) is 0 Å². The maximum atomic E-state index is 7.92. The van der Waals surface area contributed by atoms with E-state index in [2.05, 4.69) is 392 Å². The first-order valence-corrected chi connectivity index (χ1v) is 45.8. The predicted octanol–water partition coefficient (Wildman–Crippen LogP) is 31.0. The van der Waals surface area contributed by atoms with Crippen LogP contribution in [0.3, 0.4) is 0 Å². The minimum absolute atomic E-state index is 0. The molecule has 0 radical (unpaired) electrons. The van der Waals surface area contributed by atoms with Crippen molar-refractivity contribution >= 4 is 103 Å². The molecule has 8 fully saturated rings. The molecule has 0 aromatic heterocycles. The highest BCUT2D eigenvalue weighted by Gasteiger charge is 2.54. The molecule has 0 amide bonds. The molecule has 622 valence electrons. The van der Waals surface area contributed by atoms with E-state index >= 15 is 0 Å².